The van der Waals surface area contributed by atoms with Gasteiger partial charge in [-0.05, 0) is 57.7 Å². The van der Waals surface area contributed by atoms with Crippen molar-refractivity contribution in [3.05, 3.63) is 100 Å². The zero-order valence-corrected chi connectivity index (χ0v) is 18.9. The van der Waals surface area contributed by atoms with Gasteiger partial charge in [0.1, 0.15) is 5.69 Å². The Morgan fingerprint density at radius 1 is 0.719 bits per heavy atom. The van der Waals surface area contributed by atoms with E-state index in [1.165, 1.54) is 5.56 Å². The molecule has 0 fully saturated rings. The van der Waals surface area contributed by atoms with Crippen LogP contribution in [-0.4, -0.2) is 4.92 Å². The zero-order valence-electron chi connectivity index (χ0n) is 18.9. The van der Waals surface area contributed by atoms with Gasteiger partial charge in [0.25, 0.3) is 5.69 Å². The Bertz CT molecular complexity index is 1250. The molecule has 4 aromatic carbocycles. The van der Waals surface area contributed by atoms with Crippen molar-refractivity contribution in [2.45, 2.75) is 39.5 Å². The number of hydrogen-bond donors (Lipinski definition) is 1. The normalized spacial score (nSPS) is 11.3. The van der Waals surface area contributed by atoms with E-state index >= 15 is 0 Å². The third-order valence-corrected chi connectivity index (χ3v) is 5.90. The quantitative estimate of drug-likeness (QED) is 0.250. The van der Waals surface area contributed by atoms with Crippen molar-refractivity contribution in [3.63, 3.8) is 0 Å². The van der Waals surface area contributed by atoms with E-state index in [1.807, 2.05) is 48.5 Å². The van der Waals surface area contributed by atoms with Gasteiger partial charge in [0.15, 0.2) is 0 Å². The van der Waals surface area contributed by atoms with Crippen LogP contribution in [0.2, 0.25) is 0 Å². The highest BCUT2D eigenvalue weighted by Crippen LogP contribution is 2.42. The monoisotopic (exact) mass is 424 g/mol. The average Bonchev–Trinajstić information content (AvgIpc) is 2.79. The van der Waals surface area contributed by atoms with Gasteiger partial charge in [-0.3, -0.25) is 10.1 Å². The predicted molar refractivity (Wildman–Crippen MR) is 134 cm³/mol. The maximum absolute atomic E-state index is 11.9. The zero-order chi connectivity index (χ0) is 22.8. The number of hydrogen-bond acceptors (Lipinski definition) is 3. The lowest BCUT2D eigenvalue weighted by Gasteiger charge is -2.23. The molecule has 0 unspecified atom stereocenters. The predicted octanol–water partition coefficient (Wildman–Crippen LogP) is 8.41. The van der Waals surface area contributed by atoms with E-state index in [0.29, 0.717) is 5.69 Å². The molecule has 4 nitrogen and oxygen atoms in total. The van der Waals surface area contributed by atoms with Gasteiger partial charge in [0.05, 0.1) is 4.92 Å². The first-order valence-corrected chi connectivity index (χ1v) is 11.0. The van der Waals surface area contributed by atoms with Crippen LogP contribution >= 0.6 is 0 Å². The van der Waals surface area contributed by atoms with Crippen molar-refractivity contribution in [3.8, 4) is 11.1 Å². The molecule has 0 aliphatic heterocycles. The van der Waals surface area contributed by atoms with Gasteiger partial charge in [-0.15, -0.1) is 0 Å². The molecule has 0 aliphatic carbocycles. The number of nitrogens with zero attached hydrogens (tertiary/aromatic N) is 1. The van der Waals surface area contributed by atoms with E-state index in [4.69, 9.17) is 0 Å². The molecule has 0 spiro atoms. The third-order valence-electron chi connectivity index (χ3n) is 5.90. The molecule has 4 aromatic rings. The van der Waals surface area contributed by atoms with E-state index in [-0.39, 0.29) is 22.4 Å². The van der Waals surface area contributed by atoms with Crippen molar-refractivity contribution < 1.29 is 4.92 Å². The van der Waals surface area contributed by atoms with E-state index in [9.17, 15) is 10.1 Å². The van der Waals surface area contributed by atoms with Crippen LogP contribution in [0.15, 0.2) is 78.9 Å². The van der Waals surface area contributed by atoms with Crippen molar-refractivity contribution >= 4 is 27.8 Å². The summed E-state index contributed by atoms with van der Waals surface area (Å²) >= 11 is 0. The molecule has 0 radical (unpaired) electrons. The van der Waals surface area contributed by atoms with Crippen LogP contribution in [0, 0.1) is 10.1 Å². The SMILES string of the molecule is CC(C)c1cc(-c2ccccc2)cc(C(C)C)c1Nc1c([N+](=O)[O-])ccc2ccccc12. The summed E-state index contributed by atoms with van der Waals surface area (Å²) in [7, 11) is 0. The lowest BCUT2D eigenvalue weighted by Crippen LogP contribution is -2.06. The number of fused-ring (bicyclic) bond motifs is 1. The average molecular weight is 425 g/mol. The van der Waals surface area contributed by atoms with Crippen molar-refractivity contribution in [2.75, 3.05) is 5.32 Å². The van der Waals surface area contributed by atoms with Gasteiger partial charge in [-0.25, -0.2) is 0 Å². The Morgan fingerprint density at radius 3 is 1.91 bits per heavy atom. The maximum Gasteiger partial charge on any atom is 0.293 e. The van der Waals surface area contributed by atoms with Gasteiger partial charge >= 0.3 is 0 Å². The second kappa shape index (κ2) is 8.83. The fraction of sp³-hybridized carbons (Fsp3) is 0.214. The molecule has 0 aliphatic rings. The van der Waals surface area contributed by atoms with Crippen LogP contribution in [0.5, 0.6) is 0 Å². The smallest absolute Gasteiger partial charge is 0.293 e. The van der Waals surface area contributed by atoms with Gasteiger partial charge in [-0.2, -0.15) is 0 Å². The van der Waals surface area contributed by atoms with Crippen LogP contribution in [0.25, 0.3) is 21.9 Å². The molecule has 162 valence electrons. The van der Waals surface area contributed by atoms with E-state index < -0.39 is 0 Å². The van der Waals surface area contributed by atoms with Crippen molar-refractivity contribution in [1.29, 1.82) is 0 Å². The van der Waals surface area contributed by atoms with E-state index in [0.717, 1.165) is 33.2 Å². The number of nitro benzene ring substituents is 1. The minimum atomic E-state index is -0.308. The number of nitro groups is 1. The van der Waals surface area contributed by atoms with Crippen LogP contribution < -0.4 is 5.32 Å². The highest BCUT2D eigenvalue weighted by atomic mass is 16.6. The maximum atomic E-state index is 11.9. The molecular weight excluding hydrogens is 396 g/mol. The number of benzene rings is 4. The second-order valence-corrected chi connectivity index (χ2v) is 8.77. The molecule has 0 aromatic heterocycles. The molecule has 0 heterocycles. The first-order valence-electron chi connectivity index (χ1n) is 11.0. The summed E-state index contributed by atoms with van der Waals surface area (Å²) in [5.41, 5.74) is 6.23. The molecule has 0 saturated carbocycles. The molecule has 4 rings (SSSR count). The third kappa shape index (κ3) is 4.09. The van der Waals surface area contributed by atoms with E-state index in [1.54, 1.807) is 6.07 Å². The Morgan fingerprint density at radius 2 is 1.31 bits per heavy atom. The summed E-state index contributed by atoms with van der Waals surface area (Å²) in [4.78, 5) is 11.6. The number of nitrogens with one attached hydrogen (secondary N) is 1. The first-order chi connectivity index (χ1) is 15.4. The van der Waals surface area contributed by atoms with E-state index in [2.05, 4.69) is 57.3 Å². The Balaban J connectivity index is 1.97. The van der Waals surface area contributed by atoms with Gasteiger partial charge < -0.3 is 5.32 Å². The minimum absolute atomic E-state index is 0.0836. The summed E-state index contributed by atoms with van der Waals surface area (Å²) in [6.45, 7) is 8.65. The standard InChI is InChI=1S/C28H28N2O2/c1-18(2)24-16-22(20-10-6-5-7-11-20)17-25(19(3)4)27(24)29-28-23-13-9-8-12-21(23)14-15-26(28)30(31)32/h5-19,29H,1-4H3. The van der Waals surface area contributed by atoms with Gasteiger partial charge in [-0.1, -0.05) is 82.3 Å². The highest BCUT2D eigenvalue weighted by molar-refractivity contribution is 6.00. The lowest BCUT2D eigenvalue weighted by molar-refractivity contribution is -0.383. The Hall–Kier alpha value is -3.66. The number of rotatable bonds is 6. The van der Waals surface area contributed by atoms with Crippen LogP contribution in [0.1, 0.15) is 50.7 Å². The molecule has 0 bridgehead atoms. The second-order valence-electron chi connectivity index (χ2n) is 8.77. The molecular formula is C28H28N2O2. The summed E-state index contributed by atoms with van der Waals surface area (Å²) in [5, 5.41) is 17.2. The first kappa shape index (κ1) is 21.6. The molecule has 4 heteroatoms. The van der Waals surface area contributed by atoms with Crippen molar-refractivity contribution in [1.82, 2.24) is 0 Å². The summed E-state index contributed by atoms with van der Waals surface area (Å²) in [6, 6.07) is 26.0. The largest absolute Gasteiger partial charge is 0.349 e. The fourth-order valence-corrected chi connectivity index (χ4v) is 4.21. The lowest BCUT2D eigenvalue weighted by atomic mass is 9.88. The highest BCUT2D eigenvalue weighted by Gasteiger charge is 2.22. The van der Waals surface area contributed by atoms with Crippen LogP contribution in [-0.2, 0) is 0 Å². The topological polar surface area (TPSA) is 55.2 Å². The number of anilines is 2. The minimum Gasteiger partial charge on any atom is -0.349 e. The Kier molecular flexibility index (Phi) is 5.95. The van der Waals surface area contributed by atoms with Gasteiger partial charge in [0.2, 0.25) is 0 Å². The van der Waals surface area contributed by atoms with Gasteiger partial charge in [0, 0.05) is 17.1 Å². The molecule has 0 saturated heterocycles. The summed E-state index contributed by atoms with van der Waals surface area (Å²) in [6.07, 6.45) is 0. The molecule has 0 atom stereocenters. The summed E-state index contributed by atoms with van der Waals surface area (Å²) in [5.74, 6) is 0.486. The van der Waals surface area contributed by atoms with Crippen molar-refractivity contribution in [2.24, 2.45) is 0 Å². The fourth-order valence-electron chi connectivity index (χ4n) is 4.21. The van der Waals surface area contributed by atoms with Crippen LogP contribution in [0.3, 0.4) is 0 Å². The molecule has 32 heavy (non-hydrogen) atoms. The molecule has 0 amide bonds. The summed E-state index contributed by atoms with van der Waals surface area (Å²) < 4.78 is 0. The Labute approximate surface area is 189 Å². The molecule has 1 N–H and O–H groups in total. The van der Waals surface area contributed by atoms with Crippen LogP contribution in [0.4, 0.5) is 17.1 Å².